The number of ether oxygens (including phenoxy) is 1. The lowest BCUT2D eigenvalue weighted by Gasteiger charge is -2.18. The van der Waals surface area contributed by atoms with Crippen molar-refractivity contribution < 1.29 is 19.6 Å². The van der Waals surface area contributed by atoms with Crippen LogP contribution in [0, 0.1) is 33.1 Å². The molecule has 0 spiro atoms. The van der Waals surface area contributed by atoms with Crippen LogP contribution < -0.4 is 5.46 Å². The highest BCUT2D eigenvalue weighted by atomic mass is 16.5. The lowest BCUT2D eigenvalue weighted by atomic mass is 9.70. The minimum absolute atomic E-state index is 0.258. The molecular formula is C13H15BO4. The maximum atomic E-state index is 11.8. The number of hydrogen-bond donors (Lipinski definition) is 2. The summed E-state index contributed by atoms with van der Waals surface area (Å²) in [6.45, 7) is 5.06. The average Bonchev–Trinajstić information content (AvgIpc) is 2.28. The minimum atomic E-state index is -1.68. The maximum absolute atomic E-state index is 11.8. The third-order valence-corrected chi connectivity index (χ3v) is 3.10. The van der Waals surface area contributed by atoms with Crippen LogP contribution in [0.3, 0.4) is 0 Å². The van der Waals surface area contributed by atoms with E-state index in [2.05, 4.69) is 5.92 Å². The fraction of sp³-hybridized carbons (Fsp3) is 0.308. The van der Waals surface area contributed by atoms with Gasteiger partial charge in [0.2, 0.25) is 0 Å². The summed E-state index contributed by atoms with van der Waals surface area (Å²) in [5, 5.41) is 18.8. The summed E-state index contributed by atoms with van der Waals surface area (Å²) in [5.41, 5.74) is 2.72. The molecule has 0 heterocycles. The number of carbonyl (C=O) groups is 1. The van der Waals surface area contributed by atoms with Gasteiger partial charge in [0.05, 0.1) is 12.7 Å². The van der Waals surface area contributed by atoms with Gasteiger partial charge < -0.3 is 14.8 Å². The van der Waals surface area contributed by atoms with Gasteiger partial charge in [-0.3, -0.25) is 0 Å². The van der Waals surface area contributed by atoms with Crippen molar-refractivity contribution in [3.8, 4) is 12.3 Å². The average molecular weight is 246 g/mol. The van der Waals surface area contributed by atoms with E-state index in [4.69, 9.17) is 11.2 Å². The van der Waals surface area contributed by atoms with Crippen LogP contribution in [0.2, 0.25) is 0 Å². The molecule has 0 aliphatic heterocycles. The van der Waals surface area contributed by atoms with E-state index in [0.29, 0.717) is 27.8 Å². The van der Waals surface area contributed by atoms with Crippen molar-refractivity contribution in [3.63, 3.8) is 0 Å². The van der Waals surface area contributed by atoms with E-state index in [-0.39, 0.29) is 5.46 Å². The molecule has 4 nitrogen and oxygen atoms in total. The molecule has 0 fully saturated rings. The second kappa shape index (κ2) is 5.26. The molecule has 0 saturated carbocycles. The summed E-state index contributed by atoms with van der Waals surface area (Å²) < 4.78 is 4.70. The van der Waals surface area contributed by atoms with Gasteiger partial charge in [0.1, 0.15) is 0 Å². The van der Waals surface area contributed by atoms with Crippen molar-refractivity contribution in [2.45, 2.75) is 20.8 Å². The van der Waals surface area contributed by atoms with Gasteiger partial charge in [-0.1, -0.05) is 5.92 Å². The molecule has 0 saturated heterocycles. The van der Waals surface area contributed by atoms with Gasteiger partial charge in [-0.2, -0.15) is 0 Å². The van der Waals surface area contributed by atoms with Crippen LogP contribution >= 0.6 is 0 Å². The molecule has 1 rings (SSSR count). The second-order valence-corrected chi connectivity index (χ2v) is 4.05. The molecule has 1 aromatic carbocycles. The molecular weight excluding hydrogens is 231 g/mol. The Kier molecular flexibility index (Phi) is 4.17. The van der Waals surface area contributed by atoms with Crippen LogP contribution in [0.25, 0.3) is 0 Å². The van der Waals surface area contributed by atoms with E-state index in [1.807, 2.05) is 0 Å². The summed E-state index contributed by atoms with van der Waals surface area (Å²) in [4.78, 5) is 11.8. The molecule has 0 amide bonds. The molecule has 0 aromatic heterocycles. The third kappa shape index (κ3) is 2.13. The third-order valence-electron chi connectivity index (χ3n) is 3.10. The van der Waals surface area contributed by atoms with E-state index in [9.17, 15) is 14.8 Å². The van der Waals surface area contributed by atoms with Crippen LogP contribution in [-0.2, 0) is 4.74 Å². The number of methoxy groups -OCH3 is 1. The highest BCUT2D eigenvalue weighted by molar-refractivity contribution is 6.60. The van der Waals surface area contributed by atoms with Crippen molar-refractivity contribution in [2.75, 3.05) is 7.11 Å². The molecule has 0 unspecified atom stereocenters. The van der Waals surface area contributed by atoms with Crippen LogP contribution in [0.4, 0.5) is 0 Å². The lowest BCUT2D eigenvalue weighted by Crippen LogP contribution is -2.37. The number of hydrogen-bond acceptors (Lipinski definition) is 4. The van der Waals surface area contributed by atoms with Crippen LogP contribution in [0.1, 0.15) is 32.6 Å². The Labute approximate surface area is 107 Å². The van der Waals surface area contributed by atoms with Gasteiger partial charge in [-0.05, 0) is 42.9 Å². The first kappa shape index (κ1) is 14.3. The Morgan fingerprint density at radius 3 is 2.17 bits per heavy atom. The predicted octanol–water partition coefficient (Wildman–Crippen LogP) is 0.0596. The summed E-state index contributed by atoms with van der Waals surface area (Å²) in [6, 6.07) is 0. The zero-order valence-electron chi connectivity index (χ0n) is 10.9. The Balaban J connectivity index is 3.79. The van der Waals surface area contributed by atoms with Gasteiger partial charge in [-0.15, -0.1) is 6.42 Å². The SMILES string of the molecule is C#Cc1c(C)c(B(O)O)c(C)c(C(=O)OC)c1C. The van der Waals surface area contributed by atoms with E-state index < -0.39 is 13.1 Å². The Bertz CT molecular complexity index is 541. The normalized spacial score (nSPS) is 9.83. The maximum Gasteiger partial charge on any atom is 0.489 e. The summed E-state index contributed by atoms with van der Waals surface area (Å²) in [5.74, 6) is 1.94. The number of benzene rings is 1. The molecule has 2 N–H and O–H groups in total. The smallest absolute Gasteiger partial charge is 0.465 e. The highest BCUT2D eigenvalue weighted by Crippen LogP contribution is 2.21. The Morgan fingerprint density at radius 1 is 1.22 bits per heavy atom. The molecule has 0 radical (unpaired) electrons. The van der Waals surface area contributed by atoms with Crippen molar-refractivity contribution in [3.05, 3.63) is 27.8 Å². The Hall–Kier alpha value is -1.77. The molecule has 0 bridgehead atoms. The summed E-state index contributed by atoms with van der Waals surface area (Å²) >= 11 is 0. The van der Waals surface area contributed by atoms with E-state index in [1.165, 1.54) is 7.11 Å². The molecule has 0 atom stereocenters. The number of rotatable bonds is 2. The fourth-order valence-corrected chi connectivity index (χ4v) is 2.25. The second-order valence-electron chi connectivity index (χ2n) is 4.05. The van der Waals surface area contributed by atoms with Crippen LogP contribution in [0.5, 0.6) is 0 Å². The zero-order chi connectivity index (χ0) is 14.0. The number of carbonyl (C=O) groups excluding carboxylic acids is 1. The van der Waals surface area contributed by atoms with Gasteiger partial charge in [-0.25, -0.2) is 4.79 Å². The molecule has 5 heteroatoms. The standard InChI is InChI=1S/C13H15BO4/c1-6-10-7(2)11(13(15)18-5)9(4)12(8(10)3)14(16)17/h1,16-17H,2-5H3. The zero-order valence-corrected chi connectivity index (χ0v) is 10.9. The molecule has 18 heavy (non-hydrogen) atoms. The molecule has 1 aromatic rings. The van der Waals surface area contributed by atoms with E-state index >= 15 is 0 Å². The van der Waals surface area contributed by atoms with Crippen molar-refractivity contribution in [1.29, 1.82) is 0 Å². The van der Waals surface area contributed by atoms with Gasteiger partial charge in [0.25, 0.3) is 0 Å². The van der Waals surface area contributed by atoms with E-state index in [0.717, 1.165) is 0 Å². The van der Waals surface area contributed by atoms with Gasteiger partial charge >= 0.3 is 13.1 Å². The number of terminal acetylenes is 1. The van der Waals surface area contributed by atoms with E-state index in [1.54, 1.807) is 20.8 Å². The first-order valence-electron chi connectivity index (χ1n) is 5.41. The Morgan fingerprint density at radius 2 is 1.78 bits per heavy atom. The van der Waals surface area contributed by atoms with Crippen LogP contribution in [-0.4, -0.2) is 30.2 Å². The molecule has 0 aliphatic rings. The first-order chi connectivity index (χ1) is 8.36. The minimum Gasteiger partial charge on any atom is -0.465 e. The summed E-state index contributed by atoms with van der Waals surface area (Å²) in [6.07, 6.45) is 5.42. The quantitative estimate of drug-likeness (QED) is 0.440. The first-order valence-corrected chi connectivity index (χ1v) is 5.41. The van der Waals surface area contributed by atoms with Crippen LogP contribution in [0.15, 0.2) is 0 Å². The summed E-state index contributed by atoms with van der Waals surface area (Å²) in [7, 11) is -0.410. The number of esters is 1. The monoisotopic (exact) mass is 246 g/mol. The van der Waals surface area contributed by atoms with Gasteiger partial charge in [0.15, 0.2) is 0 Å². The van der Waals surface area contributed by atoms with Crippen molar-refractivity contribution >= 4 is 18.6 Å². The lowest BCUT2D eigenvalue weighted by molar-refractivity contribution is 0.0599. The van der Waals surface area contributed by atoms with Gasteiger partial charge in [0, 0.05) is 5.56 Å². The largest absolute Gasteiger partial charge is 0.489 e. The van der Waals surface area contributed by atoms with Crippen molar-refractivity contribution in [1.82, 2.24) is 0 Å². The molecule has 94 valence electrons. The fourth-order valence-electron chi connectivity index (χ4n) is 2.25. The van der Waals surface area contributed by atoms with Crippen molar-refractivity contribution in [2.24, 2.45) is 0 Å². The topological polar surface area (TPSA) is 66.8 Å². The molecule has 0 aliphatic carbocycles. The predicted molar refractivity (Wildman–Crippen MR) is 69.8 cm³/mol. The highest BCUT2D eigenvalue weighted by Gasteiger charge is 2.26.